The molecule has 132 valence electrons. The number of aryl methyl sites for hydroxylation is 1. The molecular weight excluding hydrogens is 348 g/mol. The number of benzene rings is 2. The first-order chi connectivity index (χ1) is 12.6. The van der Waals surface area contributed by atoms with Gasteiger partial charge in [0.15, 0.2) is 0 Å². The molecule has 0 bridgehead atoms. The van der Waals surface area contributed by atoms with Crippen LogP contribution in [0.15, 0.2) is 53.4 Å². The van der Waals surface area contributed by atoms with Crippen LogP contribution in [0, 0.1) is 0 Å². The molecule has 2 aromatic carbocycles. The highest BCUT2D eigenvalue weighted by molar-refractivity contribution is 8.01. The maximum absolute atomic E-state index is 12.3. The Morgan fingerprint density at radius 1 is 1.23 bits per heavy atom. The van der Waals surface area contributed by atoms with Crippen LogP contribution in [0.25, 0.3) is 11.0 Å². The van der Waals surface area contributed by atoms with Gasteiger partial charge in [-0.2, -0.15) is 0 Å². The summed E-state index contributed by atoms with van der Waals surface area (Å²) in [4.78, 5) is 30.1. The van der Waals surface area contributed by atoms with Gasteiger partial charge in [-0.3, -0.25) is 9.59 Å². The number of aromatic nitrogens is 2. The second-order valence-corrected chi connectivity index (χ2v) is 7.39. The van der Waals surface area contributed by atoms with Crippen molar-refractivity contribution >= 4 is 40.3 Å². The third-order valence-corrected chi connectivity index (χ3v) is 5.68. The van der Waals surface area contributed by atoms with E-state index in [0.717, 1.165) is 27.4 Å². The number of nitrogens with one attached hydrogen (secondary N) is 2. The van der Waals surface area contributed by atoms with E-state index >= 15 is 0 Å². The van der Waals surface area contributed by atoms with Crippen LogP contribution in [0.2, 0.25) is 0 Å². The molecule has 1 atom stereocenters. The van der Waals surface area contributed by atoms with E-state index in [1.807, 2.05) is 60.1 Å². The lowest BCUT2D eigenvalue weighted by atomic mass is 10.2. The average molecular weight is 366 g/mol. The summed E-state index contributed by atoms with van der Waals surface area (Å²) in [6, 6.07) is 15.5. The van der Waals surface area contributed by atoms with E-state index < -0.39 is 5.25 Å². The van der Waals surface area contributed by atoms with Crippen molar-refractivity contribution in [2.75, 3.05) is 5.32 Å². The van der Waals surface area contributed by atoms with Crippen molar-refractivity contribution in [2.45, 2.75) is 23.1 Å². The van der Waals surface area contributed by atoms with Gasteiger partial charge in [-0.05, 0) is 24.3 Å². The minimum Gasteiger partial charge on any atom is -0.349 e. The number of thioether (sulfide) groups is 1. The summed E-state index contributed by atoms with van der Waals surface area (Å²) in [5, 5.41) is 5.31. The first-order valence-corrected chi connectivity index (χ1v) is 9.23. The van der Waals surface area contributed by atoms with Crippen molar-refractivity contribution in [1.29, 1.82) is 0 Å². The summed E-state index contributed by atoms with van der Waals surface area (Å²) in [5.41, 5.74) is 2.73. The van der Waals surface area contributed by atoms with Gasteiger partial charge in [0.25, 0.3) is 0 Å². The Morgan fingerprint density at radius 2 is 2.00 bits per heavy atom. The fourth-order valence-electron chi connectivity index (χ4n) is 3.00. The molecule has 2 N–H and O–H groups in total. The average Bonchev–Trinajstić information content (AvgIpc) is 2.97. The maximum atomic E-state index is 12.3. The zero-order valence-corrected chi connectivity index (χ0v) is 15.0. The summed E-state index contributed by atoms with van der Waals surface area (Å²) >= 11 is 1.43. The molecule has 0 saturated carbocycles. The number of fused-ring (bicyclic) bond motifs is 2. The highest BCUT2D eigenvalue weighted by atomic mass is 32.2. The Hall–Kier alpha value is -2.80. The molecular formula is C19H18N4O2S. The summed E-state index contributed by atoms with van der Waals surface area (Å²) in [7, 11) is 1.93. The molecule has 3 aromatic rings. The van der Waals surface area contributed by atoms with Crippen LogP contribution >= 0.6 is 11.8 Å². The largest absolute Gasteiger partial charge is 0.349 e. The van der Waals surface area contributed by atoms with Gasteiger partial charge >= 0.3 is 0 Å². The topological polar surface area (TPSA) is 76.0 Å². The number of hydrogen-bond donors (Lipinski definition) is 2. The lowest BCUT2D eigenvalue weighted by Crippen LogP contribution is -2.35. The number of carbonyl (C=O) groups is 2. The molecule has 1 aliphatic rings. The molecule has 0 aliphatic carbocycles. The summed E-state index contributed by atoms with van der Waals surface area (Å²) in [6.07, 6.45) is 0.134. The first kappa shape index (κ1) is 16.7. The number of para-hydroxylation sites is 3. The fraction of sp³-hybridized carbons (Fsp3) is 0.211. The van der Waals surface area contributed by atoms with E-state index in [1.165, 1.54) is 11.8 Å². The van der Waals surface area contributed by atoms with Gasteiger partial charge in [-0.25, -0.2) is 4.98 Å². The number of rotatable bonds is 4. The van der Waals surface area contributed by atoms with Gasteiger partial charge < -0.3 is 15.2 Å². The predicted octanol–water partition coefficient (Wildman–Crippen LogP) is 2.69. The number of imidazole rings is 1. The van der Waals surface area contributed by atoms with Gasteiger partial charge in [0.1, 0.15) is 5.82 Å². The standard InChI is InChI=1S/C19H18N4O2S/c1-23-14-8-4-2-6-12(14)21-17(23)11-20-18(24)10-16-19(25)22-13-7-3-5-9-15(13)26-16/h2-9,16H,10-11H2,1H3,(H,20,24)(H,22,25). The molecule has 4 rings (SSSR count). The number of amides is 2. The van der Waals surface area contributed by atoms with Crippen LogP contribution in [0.3, 0.4) is 0 Å². The second-order valence-electron chi connectivity index (χ2n) is 6.15. The Morgan fingerprint density at radius 3 is 2.85 bits per heavy atom. The summed E-state index contributed by atoms with van der Waals surface area (Å²) in [5.74, 6) is 0.487. The number of nitrogens with zero attached hydrogens (tertiary/aromatic N) is 2. The lowest BCUT2D eigenvalue weighted by molar-refractivity contribution is -0.124. The van der Waals surface area contributed by atoms with Crippen molar-refractivity contribution in [3.8, 4) is 0 Å². The molecule has 26 heavy (non-hydrogen) atoms. The number of carbonyl (C=O) groups excluding carboxylic acids is 2. The van der Waals surface area contributed by atoms with E-state index in [1.54, 1.807) is 0 Å². The van der Waals surface area contributed by atoms with Gasteiger partial charge in [0.2, 0.25) is 11.8 Å². The van der Waals surface area contributed by atoms with Gasteiger partial charge in [0, 0.05) is 18.4 Å². The molecule has 1 aliphatic heterocycles. The van der Waals surface area contributed by atoms with E-state index in [0.29, 0.717) is 6.54 Å². The summed E-state index contributed by atoms with van der Waals surface area (Å²) < 4.78 is 1.97. The van der Waals surface area contributed by atoms with Crippen LogP contribution in [-0.4, -0.2) is 26.6 Å². The van der Waals surface area contributed by atoms with E-state index in [4.69, 9.17) is 0 Å². The first-order valence-electron chi connectivity index (χ1n) is 8.35. The van der Waals surface area contributed by atoms with Crippen LogP contribution in [0.4, 0.5) is 5.69 Å². The highest BCUT2D eigenvalue weighted by Crippen LogP contribution is 2.36. The van der Waals surface area contributed by atoms with Crippen molar-refractivity contribution in [3.05, 3.63) is 54.4 Å². The minimum atomic E-state index is -0.426. The van der Waals surface area contributed by atoms with Gasteiger partial charge in [-0.1, -0.05) is 24.3 Å². The van der Waals surface area contributed by atoms with Crippen molar-refractivity contribution < 1.29 is 9.59 Å². The van der Waals surface area contributed by atoms with Crippen molar-refractivity contribution in [3.63, 3.8) is 0 Å². The number of anilines is 1. The second kappa shape index (κ2) is 6.84. The summed E-state index contributed by atoms with van der Waals surface area (Å²) in [6.45, 7) is 0.333. The minimum absolute atomic E-state index is 0.133. The van der Waals surface area contributed by atoms with Crippen LogP contribution in [-0.2, 0) is 23.2 Å². The normalized spacial score (nSPS) is 16.2. The third kappa shape index (κ3) is 3.17. The van der Waals surface area contributed by atoms with Crippen molar-refractivity contribution in [1.82, 2.24) is 14.9 Å². The van der Waals surface area contributed by atoms with Crippen molar-refractivity contribution in [2.24, 2.45) is 7.05 Å². The Labute approximate surface area is 155 Å². The SMILES string of the molecule is Cn1c(CNC(=O)CC2Sc3ccccc3NC2=O)nc2ccccc21. The molecule has 1 aromatic heterocycles. The van der Waals surface area contributed by atoms with E-state index in [2.05, 4.69) is 15.6 Å². The van der Waals surface area contributed by atoms with Gasteiger partial charge in [-0.15, -0.1) is 11.8 Å². The van der Waals surface area contributed by atoms with Crippen LogP contribution in [0.1, 0.15) is 12.2 Å². The van der Waals surface area contributed by atoms with Crippen LogP contribution in [0.5, 0.6) is 0 Å². The van der Waals surface area contributed by atoms with Gasteiger partial charge in [0.05, 0.1) is 28.5 Å². The quantitative estimate of drug-likeness (QED) is 0.744. The maximum Gasteiger partial charge on any atom is 0.238 e. The third-order valence-electron chi connectivity index (χ3n) is 4.40. The number of hydrogen-bond acceptors (Lipinski definition) is 4. The Bertz CT molecular complexity index is 998. The monoisotopic (exact) mass is 366 g/mol. The molecule has 6 nitrogen and oxygen atoms in total. The molecule has 0 saturated heterocycles. The zero-order chi connectivity index (χ0) is 18.1. The molecule has 0 spiro atoms. The molecule has 7 heteroatoms. The smallest absolute Gasteiger partial charge is 0.238 e. The zero-order valence-electron chi connectivity index (χ0n) is 14.2. The Balaban J connectivity index is 1.40. The molecule has 0 fully saturated rings. The molecule has 0 radical (unpaired) electrons. The lowest BCUT2D eigenvalue weighted by Gasteiger charge is -2.23. The molecule has 2 amide bonds. The molecule has 2 heterocycles. The van der Waals surface area contributed by atoms with E-state index in [-0.39, 0.29) is 18.2 Å². The molecule has 1 unspecified atom stereocenters. The van der Waals surface area contributed by atoms with E-state index in [9.17, 15) is 9.59 Å². The van der Waals surface area contributed by atoms with Crippen LogP contribution < -0.4 is 10.6 Å². The predicted molar refractivity (Wildman–Crippen MR) is 102 cm³/mol. The highest BCUT2D eigenvalue weighted by Gasteiger charge is 2.28. The Kier molecular flexibility index (Phi) is 4.38. The fourth-order valence-corrected chi connectivity index (χ4v) is 4.11.